The molecule has 134 valence electrons. The van der Waals surface area contributed by atoms with E-state index >= 15 is 0 Å². The molecule has 5 nitrogen and oxygen atoms in total. The first-order valence-corrected chi connectivity index (χ1v) is 9.21. The van der Waals surface area contributed by atoms with E-state index in [-0.39, 0.29) is 17.9 Å². The molecule has 1 aliphatic carbocycles. The smallest absolute Gasteiger partial charge is 0.251 e. The van der Waals surface area contributed by atoms with Crippen molar-refractivity contribution >= 4 is 23.2 Å². The van der Waals surface area contributed by atoms with Crippen LogP contribution in [-0.2, 0) is 11.2 Å². The average molecular weight is 349 g/mol. The number of carbonyl (C=O) groups excluding carboxylic acids is 2. The maximum atomic E-state index is 12.8. The van der Waals surface area contributed by atoms with Gasteiger partial charge in [0, 0.05) is 29.9 Å². The maximum Gasteiger partial charge on any atom is 0.251 e. The minimum atomic E-state index is -0.104. The van der Waals surface area contributed by atoms with Gasteiger partial charge in [-0.2, -0.15) is 0 Å². The van der Waals surface area contributed by atoms with E-state index in [0.29, 0.717) is 12.0 Å². The lowest BCUT2D eigenvalue weighted by Gasteiger charge is -2.27. The molecule has 3 N–H and O–H groups in total. The number of carbonyl (C=O) groups is 2. The maximum absolute atomic E-state index is 12.8. The molecule has 0 spiro atoms. The Morgan fingerprint density at radius 2 is 2.00 bits per heavy atom. The topological polar surface area (TPSA) is 75.4 Å². The van der Waals surface area contributed by atoms with Gasteiger partial charge in [-0.3, -0.25) is 9.59 Å². The molecule has 2 amide bonds. The predicted octanol–water partition coefficient (Wildman–Crippen LogP) is 3.20. The van der Waals surface area contributed by atoms with Crippen LogP contribution in [0, 0.1) is 0 Å². The number of hydrogen-bond donors (Lipinski definition) is 2. The molecule has 1 fully saturated rings. The van der Waals surface area contributed by atoms with Crippen molar-refractivity contribution in [3.05, 3.63) is 59.2 Å². The van der Waals surface area contributed by atoms with Gasteiger partial charge < -0.3 is 16.0 Å². The van der Waals surface area contributed by atoms with Crippen molar-refractivity contribution in [1.29, 1.82) is 0 Å². The SMILES string of the molecule is Nc1ccc2c(c1)CCCC2NC(=O)c1cccc(N2CCCC2=O)c1. The number of benzene rings is 2. The molecule has 1 unspecified atom stereocenters. The van der Waals surface area contributed by atoms with E-state index in [9.17, 15) is 9.59 Å². The zero-order chi connectivity index (χ0) is 18.1. The number of amides is 2. The molecule has 1 atom stereocenters. The first-order chi connectivity index (χ1) is 12.6. The van der Waals surface area contributed by atoms with E-state index in [1.54, 1.807) is 11.0 Å². The molecule has 2 aliphatic rings. The summed E-state index contributed by atoms with van der Waals surface area (Å²) in [4.78, 5) is 26.5. The van der Waals surface area contributed by atoms with E-state index in [4.69, 9.17) is 5.73 Å². The zero-order valence-electron chi connectivity index (χ0n) is 14.7. The number of rotatable bonds is 3. The molecule has 1 aliphatic heterocycles. The molecule has 0 bridgehead atoms. The summed E-state index contributed by atoms with van der Waals surface area (Å²) >= 11 is 0. The first kappa shape index (κ1) is 16.6. The third kappa shape index (κ3) is 3.17. The Morgan fingerprint density at radius 1 is 1.12 bits per heavy atom. The molecule has 0 saturated carbocycles. The van der Waals surface area contributed by atoms with Crippen molar-refractivity contribution in [3.63, 3.8) is 0 Å². The van der Waals surface area contributed by atoms with E-state index in [0.717, 1.165) is 49.2 Å². The molecule has 5 heteroatoms. The molecule has 0 radical (unpaired) electrons. The number of nitrogens with zero attached hydrogens (tertiary/aromatic N) is 1. The second-order valence-corrected chi connectivity index (χ2v) is 7.08. The number of hydrogen-bond acceptors (Lipinski definition) is 3. The summed E-state index contributed by atoms with van der Waals surface area (Å²) in [7, 11) is 0. The zero-order valence-corrected chi connectivity index (χ0v) is 14.7. The summed E-state index contributed by atoms with van der Waals surface area (Å²) in [5.41, 5.74) is 10.4. The van der Waals surface area contributed by atoms with Crippen molar-refractivity contribution < 1.29 is 9.59 Å². The highest BCUT2D eigenvalue weighted by Gasteiger charge is 2.24. The fourth-order valence-corrected chi connectivity index (χ4v) is 3.96. The summed E-state index contributed by atoms with van der Waals surface area (Å²) in [6.45, 7) is 0.724. The fraction of sp³-hybridized carbons (Fsp3) is 0.333. The number of fused-ring (bicyclic) bond motifs is 1. The summed E-state index contributed by atoms with van der Waals surface area (Å²) < 4.78 is 0. The number of aryl methyl sites for hydroxylation is 1. The van der Waals surface area contributed by atoms with Crippen LogP contribution in [0.15, 0.2) is 42.5 Å². The van der Waals surface area contributed by atoms with Crippen LogP contribution in [0.5, 0.6) is 0 Å². The van der Waals surface area contributed by atoms with Crippen LogP contribution in [0.25, 0.3) is 0 Å². The monoisotopic (exact) mass is 349 g/mol. The van der Waals surface area contributed by atoms with Gasteiger partial charge in [0.1, 0.15) is 0 Å². The molecular weight excluding hydrogens is 326 g/mol. The van der Waals surface area contributed by atoms with E-state index in [1.165, 1.54) is 5.56 Å². The summed E-state index contributed by atoms with van der Waals surface area (Å²) in [6, 6.07) is 13.3. The van der Waals surface area contributed by atoms with Crippen LogP contribution >= 0.6 is 0 Å². The van der Waals surface area contributed by atoms with Crippen LogP contribution in [0.1, 0.15) is 53.2 Å². The van der Waals surface area contributed by atoms with Gasteiger partial charge in [-0.1, -0.05) is 12.1 Å². The van der Waals surface area contributed by atoms with Crippen LogP contribution in [-0.4, -0.2) is 18.4 Å². The molecule has 2 aromatic carbocycles. The Hall–Kier alpha value is -2.82. The summed E-state index contributed by atoms with van der Waals surface area (Å²) in [5.74, 6) is 0.0227. The van der Waals surface area contributed by atoms with Crippen molar-refractivity contribution in [2.24, 2.45) is 0 Å². The third-order valence-corrected chi connectivity index (χ3v) is 5.28. The van der Waals surface area contributed by atoms with Crippen molar-refractivity contribution in [2.45, 2.75) is 38.1 Å². The Labute approximate surface area is 153 Å². The second-order valence-electron chi connectivity index (χ2n) is 7.08. The van der Waals surface area contributed by atoms with Gasteiger partial charge in [0.25, 0.3) is 5.91 Å². The van der Waals surface area contributed by atoms with E-state index < -0.39 is 0 Å². The van der Waals surface area contributed by atoms with Gasteiger partial charge in [0.15, 0.2) is 0 Å². The van der Waals surface area contributed by atoms with Crippen molar-refractivity contribution in [3.8, 4) is 0 Å². The van der Waals surface area contributed by atoms with Crippen molar-refractivity contribution in [1.82, 2.24) is 5.32 Å². The molecule has 1 heterocycles. The normalized spacial score (nSPS) is 19.3. The van der Waals surface area contributed by atoms with Gasteiger partial charge in [-0.15, -0.1) is 0 Å². The predicted molar refractivity (Wildman–Crippen MR) is 102 cm³/mol. The lowest BCUT2D eigenvalue weighted by molar-refractivity contribution is -0.117. The highest BCUT2D eigenvalue weighted by atomic mass is 16.2. The Morgan fingerprint density at radius 3 is 2.81 bits per heavy atom. The Balaban J connectivity index is 1.54. The lowest BCUT2D eigenvalue weighted by Crippen LogP contribution is -2.31. The number of nitrogens with one attached hydrogen (secondary N) is 1. The van der Waals surface area contributed by atoms with Crippen LogP contribution in [0.3, 0.4) is 0 Å². The molecule has 0 aromatic heterocycles. The van der Waals surface area contributed by atoms with Crippen LogP contribution in [0.2, 0.25) is 0 Å². The molecule has 26 heavy (non-hydrogen) atoms. The number of nitrogens with two attached hydrogens (primary N) is 1. The van der Waals surface area contributed by atoms with Crippen molar-refractivity contribution in [2.75, 3.05) is 17.2 Å². The molecule has 1 saturated heterocycles. The average Bonchev–Trinajstić information content (AvgIpc) is 3.08. The molecule has 2 aromatic rings. The number of nitrogen functional groups attached to an aromatic ring is 1. The van der Waals surface area contributed by atoms with Gasteiger partial charge in [-0.25, -0.2) is 0 Å². The van der Waals surface area contributed by atoms with Gasteiger partial charge in [0.2, 0.25) is 5.91 Å². The molecular formula is C21H23N3O2. The highest BCUT2D eigenvalue weighted by molar-refractivity contribution is 5.99. The Kier molecular flexibility index (Phi) is 4.37. The summed E-state index contributed by atoms with van der Waals surface area (Å²) in [5, 5.41) is 3.16. The molecule has 4 rings (SSSR count). The van der Waals surface area contributed by atoms with Crippen LogP contribution in [0.4, 0.5) is 11.4 Å². The standard InChI is InChI=1S/C21H23N3O2/c22-16-9-10-18-14(12-16)4-2-7-19(18)23-21(26)15-5-1-6-17(13-15)24-11-3-8-20(24)25/h1,5-6,9-10,12-13,19H,2-4,7-8,11,22H2,(H,23,26). The van der Waals surface area contributed by atoms with Crippen LogP contribution < -0.4 is 16.0 Å². The van der Waals surface area contributed by atoms with Gasteiger partial charge in [-0.05, 0) is 67.1 Å². The lowest BCUT2D eigenvalue weighted by atomic mass is 9.87. The fourth-order valence-electron chi connectivity index (χ4n) is 3.96. The quantitative estimate of drug-likeness (QED) is 0.836. The first-order valence-electron chi connectivity index (χ1n) is 9.21. The minimum Gasteiger partial charge on any atom is -0.399 e. The van der Waals surface area contributed by atoms with Gasteiger partial charge >= 0.3 is 0 Å². The number of anilines is 2. The van der Waals surface area contributed by atoms with Gasteiger partial charge in [0.05, 0.1) is 6.04 Å². The largest absolute Gasteiger partial charge is 0.399 e. The summed E-state index contributed by atoms with van der Waals surface area (Å²) in [6.07, 6.45) is 4.41. The van der Waals surface area contributed by atoms with E-state index in [1.807, 2.05) is 36.4 Å². The minimum absolute atomic E-state index is 0.00363. The highest BCUT2D eigenvalue weighted by Crippen LogP contribution is 2.31. The van der Waals surface area contributed by atoms with E-state index in [2.05, 4.69) is 5.32 Å². The second kappa shape index (κ2) is 6.83. The Bertz CT molecular complexity index is 862. The third-order valence-electron chi connectivity index (χ3n) is 5.28.